The number of nitrogens with zero attached hydrogens (tertiary/aromatic N) is 4. The van der Waals surface area contributed by atoms with Crippen LogP contribution in [0, 0.1) is 0 Å². The van der Waals surface area contributed by atoms with Crippen molar-refractivity contribution in [3.63, 3.8) is 0 Å². The van der Waals surface area contributed by atoms with Crippen LogP contribution < -0.4 is 0 Å². The molecule has 1 atom stereocenters. The van der Waals surface area contributed by atoms with Crippen molar-refractivity contribution in [3.8, 4) is 5.75 Å². The lowest BCUT2D eigenvalue weighted by Crippen LogP contribution is -2.05. The van der Waals surface area contributed by atoms with E-state index in [1.807, 2.05) is 16.6 Å². The molecule has 2 aromatic heterocycles. The topological polar surface area (TPSA) is 72.5 Å². The molecule has 6 nitrogen and oxygen atoms in total. The normalized spacial score (nSPS) is 18.6. The van der Waals surface area contributed by atoms with Crippen LogP contribution in [-0.2, 0) is 11.2 Å². The number of hydrogen-bond donors (Lipinski definition) is 1. The summed E-state index contributed by atoms with van der Waals surface area (Å²) < 4.78 is 7.25. The second-order valence-electron chi connectivity index (χ2n) is 5.16. The van der Waals surface area contributed by atoms with Gasteiger partial charge in [-0.1, -0.05) is 23.5 Å². The molecule has 1 aliphatic heterocycles. The van der Waals surface area contributed by atoms with Crippen LogP contribution in [0.4, 0.5) is 0 Å². The van der Waals surface area contributed by atoms with Gasteiger partial charge in [-0.05, 0) is 24.1 Å². The summed E-state index contributed by atoms with van der Waals surface area (Å²) in [5.74, 6) is 1.45. The van der Waals surface area contributed by atoms with E-state index in [4.69, 9.17) is 4.74 Å². The maximum absolute atomic E-state index is 9.52. The van der Waals surface area contributed by atoms with E-state index >= 15 is 0 Å². The van der Waals surface area contributed by atoms with Crippen LogP contribution in [-0.4, -0.2) is 38.1 Å². The zero-order chi connectivity index (χ0) is 14.2. The third-order valence-electron chi connectivity index (χ3n) is 3.62. The SMILES string of the molecule is Oc1cccc(Cc2nn3c(C4CCOC4)nnc3s2)c1. The van der Waals surface area contributed by atoms with Gasteiger partial charge in [-0.3, -0.25) is 0 Å². The molecule has 1 saturated heterocycles. The number of aromatic hydroxyl groups is 1. The molecule has 4 rings (SSSR count). The highest BCUT2D eigenvalue weighted by atomic mass is 32.1. The molecular weight excluding hydrogens is 288 g/mol. The van der Waals surface area contributed by atoms with Gasteiger partial charge < -0.3 is 9.84 Å². The molecular formula is C14H14N4O2S. The molecule has 0 saturated carbocycles. The molecule has 1 aliphatic rings. The van der Waals surface area contributed by atoms with Crippen molar-refractivity contribution in [1.29, 1.82) is 0 Å². The Morgan fingerprint density at radius 1 is 1.38 bits per heavy atom. The monoisotopic (exact) mass is 302 g/mol. The number of phenols is 1. The van der Waals surface area contributed by atoms with Crippen molar-refractivity contribution in [1.82, 2.24) is 19.8 Å². The van der Waals surface area contributed by atoms with Crippen molar-refractivity contribution >= 4 is 16.3 Å². The first kappa shape index (κ1) is 12.7. The zero-order valence-corrected chi connectivity index (χ0v) is 12.1. The number of phenolic OH excluding ortho intramolecular Hbond substituents is 1. The fraction of sp³-hybridized carbons (Fsp3) is 0.357. The van der Waals surface area contributed by atoms with E-state index in [0.29, 0.717) is 13.0 Å². The lowest BCUT2D eigenvalue weighted by molar-refractivity contribution is 0.193. The van der Waals surface area contributed by atoms with Gasteiger partial charge in [0, 0.05) is 18.9 Å². The Balaban J connectivity index is 1.64. The van der Waals surface area contributed by atoms with Crippen molar-refractivity contribution in [2.24, 2.45) is 0 Å². The van der Waals surface area contributed by atoms with Gasteiger partial charge in [-0.25, -0.2) is 0 Å². The summed E-state index contributed by atoms with van der Waals surface area (Å²) in [5.41, 5.74) is 1.03. The van der Waals surface area contributed by atoms with E-state index in [0.717, 1.165) is 34.4 Å². The standard InChI is InChI=1S/C14H14N4O2S/c19-11-3-1-2-9(6-11)7-12-17-18-13(10-4-5-20-8-10)15-16-14(18)21-12/h1-3,6,10,19H,4-5,7-8H2. The Kier molecular flexibility index (Phi) is 3.08. The Labute approximate surface area is 125 Å². The molecule has 21 heavy (non-hydrogen) atoms. The van der Waals surface area contributed by atoms with Crippen molar-refractivity contribution in [3.05, 3.63) is 40.7 Å². The van der Waals surface area contributed by atoms with E-state index in [1.54, 1.807) is 12.1 Å². The van der Waals surface area contributed by atoms with E-state index < -0.39 is 0 Å². The van der Waals surface area contributed by atoms with Gasteiger partial charge in [0.15, 0.2) is 5.82 Å². The molecule has 0 amide bonds. The van der Waals surface area contributed by atoms with E-state index in [-0.39, 0.29) is 11.7 Å². The van der Waals surface area contributed by atoms with Crippen LogP contribution in [0.3, 0.4) is 0 Å². The second kappa shape index (κ2) is 5.09. The number of hydrogen-bond acceptors (Lipinski definition) is 6. The molecule has 1 N–H and O–H groups in total. The summed E-state index contributed by atoms with van der Waals surface area (Å²) in [6.45, 7) is 1.47. The van der Waals surface area contributed by atoms with Crippen molar-refractivity contribution < 1.29 is 9.84 Å². The van der Waals surface area contributed by atoms with Crippen molar-refractivity contribution in [2.75, 3.05) is 13.2 Å². The minimum Gasteiger partial charge on any atom is -0.508 e. The van der Waals surface area contributed by atoms with Gasteiger partial charge in [-0.15, -0.1) is 10.2 Å². The maximum Gasteiger partial charge on any atom is 0.234 e. The largest absolute Gasteiger partial charge is 0.508 e. The van der Waals surface area contributed by atoms with E-state index in [1.165, 1.54) is 11.3 Å². The predicted molar refractivity (Wildman–Crippen MR) is 77.7 cm³/mol. The first-order valence-corrected chi connectivity index (χ1v) is 7.68. The third-order valence-corrected chi connectivity index (χ3v) is 4.52. The van der Waals surface area contributed by atoms with Gasteiger partial charge in [0.2, 0.25) is 4.96 Å². The van der Waals surface area contributed by atoms with Gasteiger partial charge in [0.05, 0.1) is 6.61 Å². The Hall–Kier alpha value is -1.99. The summed E-state index contributed by atoms with van der Waals surface area (Å²) in [6.07, 6.45) is 1.66. The number of rotatable bonds is 3. The fourth-order valence-corrected chi connectivity index (χ4v) is 3.45. The van der Waals surface area contributed by atoms with Crippen LogP contribution >= 0.6 is 11.3 Å². The summed E-state index contributed by atoms with van der Waals surface area (Å²) in [4.78, 5) is 0.812. The predicted octanol–water partition coefficient (Wildman–Crippen LogP) is 1.99. The highest BCUT2D eigenvalue weighted by Crippen LogP contribution is 2.26. The van der Waals surface area contributed by atoms with E-state index in [2.05, 4.69) is 15.3 Å². The van der Waals surface area contributed by atoms with Crippen LogP contribution in [0.25, 0.3) is 4.96 Å². The molecule has 0 spiro atoms. The van der Waals surface area contributed by atoms with Gasteiger partial charge >= 0.3 is 0 Å². The van der Waals surface area contributed by atoms with Gasteiger partial charge in [-0.2, -0.15) is 9.61 Å². The lowest BCUT2D eigenvalue weighted by Gasteiger charge is -2.02. The first-order chi connectivity index (χ1) is 10.3. The molecule has 1 unspecified atom stereocenters. The summed E-state index contributed by atoms with van der Waals surface area (Å²) in [5, 5.41) is 23.5. The summed E-state index contributed by atoms with van der Waals surface area (Å²) in [6, 6.07) is 7.24. The molecule has 0 aliphatic carbocycles. The highest BCUT2D eigenvalue weighted by molar-refractivity contribution is 7.16. The molecule has 1 aromatic carbocycles. The summed E-state index contributed by atoms with van der Waals surface area (Å²) >= 11 is 1.53. The molecule has 3 aromatic rings. The van der Waals surface area contributed by atoms with Crippen molar-refractivity contribution in [2.45, 2.75) is 18.8 Å². The minimum absolute atomic E-state index is 0.277. The lowest BCUT2D eigenvalue weighted by atomic mass is 10.1. The number of aromatic nitrogens is 4. The Morgan fingerprint density at radius 2 is 2.33 bits per heavy atom. The van der Waals surface area contributed by atoms with Crippen LogP contribution in [0.15, 0.2) is 24.3 Å². The Morgan fingerprint density at radius 3 is 3.14 bits per heavy atom. The number of benzene rings is 1. The molecule has 108 valence electrons. The number of ether oxygens (including phenoxy) is 1. The maximum atomic E-state index is 9.52. The average Bonchev–Trinajstić information content (AvgIpc) is 3.14. The molecule has 1 fully saturated rings. The van der Waals surface area contributed by atoms with E-state index in [9.17, 15) is 5.11 Å². The van der Waals surface area contributed by atoms with Crippen LogP contribution in [0.1, 0.15) is 28.7 Å². The molecule has 0 radical (unpaired) electrons. The Bertz CT molecular complexity index is 776. The highest BCUT2D eigenvalue weighted by Gasteiger charge is 2.24. The first-order valence-electron chi connectivity index (χ1n) is 6.86. The van der Waals surface area contributed by atoms with Crippen LogP contribution in [0.5, 0.6) is 5.75 Å². The number of fused-ring (bicyclic) bond motifs is 1. The molecule has 0 bridgehead atoms. The fourth-order valence-electron chi connectivity index (χ4n) is 2.58. The van der Waals surface area contributed by atoms with Crippen LogP contribution in [0.2, 0.25) is 0 Å². The summed E-state index contributed by atoms with van der Waals surface area (Å²) in [7, 11) is 0. The van der Waals surface area contributed by atoms with Gasteiger partial charge in [0.1, 0.15) is 10.8 Å². The zero-order valence-electron chi connectivity index (χ0n) is 11.3. The molecule has 3 heterocycles. The smallest absolute Gasteiger partial charge is 0.234 e. The quantitative estimate of drug-likeness (QED) is 0.801. The second-order valence-corrected chi connectivity index (χ2v) is 6.20. The molecule has 7 heteroatoms. The minimum atomic E-state index is 0.277. The average molecular weight is 302 g/mol. The third kappa shape index (κ3) is 2.38. The van der Waals surface area contributed by atoms with Gasteiger partial charge in [0.25, 0.3) is 0 Å².